The van der Waals surface area contributed by atoms with E-state index in [1.165, 1.54) is 18.0 Å². The number of aromatic nitrogens is 5. The fourth-order valence-corrected chi connectivity index (χ4v) is 3.24. The Hall–Kier alpha value is -3.09. The van der Waals surface area contributed by atoms with Crippen molar-refractivity contribution in [1.29, 1.82) is 0 Å². The van der Waals surface area contributed by atoms with E-state index in [1.54, 1.807) is 11.1 Å². The third-order valence-electron chi connectivity index (χ3n) is 4.37. The summed E-state index contributed by atoms with van der Waals surface area (Å²) in [6.07, 6.45) is 5.31. The molecule has 0 N–H and O–H groups in total. The molecule has 126 valence electrons. The lowest BCUT2D eigenvalue weighted by Gasteiger charge is -2.32. The molecular formula is C18H18N6O. The maximum absolute atomic E-state index is 12.6. The van der Waals surface area contributed by atoms with E-state index in [2.05, 4.69) is 43.8 Å². The molecule has 3 aromatic rings. The summed E-state index contributed by atoms with van der Waals surface area (Å²) >= 11 is 0. The van der Waals surface area contributed by atoms with E-state index in [1.807, 2.05) is 18.2 Å². The van der Waals surface area contributed by atoms with E-state index in [4.69, 9.17) is 0 Å². The number of benzene rings is 1. The number of fused-ring (bicyclic) bond motifs is 1. The Labute approximate surface area is 145 Å². The van der Waals surface area contributed by atoms with E-state index in [0.29, 0.717) is 18.8 Å². The fraction of sp³-hybridized carbons (Fsp3) is 0.278. The normalized spacial score (nSPS) is 16.5. The Morgan fingerprint density at radius 2 is 2.04 bits per heavy atom. The van der Waals surface area contributed by atoms with Gasteiger partial charge in [-0.25, -0.2) is 4.98 Å². The zero-order chi connectivity index (χ0) is 17.2. The van der Waals surface area contributed by atoms with Crippen molar-refractivity contribution in [2.45, 2.75) is 25.9 Å². The van der Waals surface area contributed by atoms with Crippen LogP contribution in [0.2, 0.25) is 0 Å². The minimum absolute atomic E-state index is 0.109. The molecule has 0 saturated heterocycles. The highest BCUT2D eigenvalue weighted by molar-refractivity contribution is 5.92. The van der Waals surface area contributed by atoms with E-state index < -0.39 is 0 Å². The van der Waals surface area contributed by atoms with Gasteiger partial charge in [-0.15, -0.1) is 10.2 Å². The third kappa shape index (κ3) is 3.00. The molecule has 0 radical (unpaired) electrons. The predicted molar refractivity (Wildman–Crippen MR) is 90.8 cm³/mol. The lowest BCUT2D eigenvalue weighted by atomic mass is 10.1. The summed E-state index contributed by atoms with van der Waals surface area (Å²) in [6, 6.07) is 10.3. The first-order valence-electron chi connectivity index (χ1n) is 8.24. The van der Waals surface area contributed by atoms with Gasteiger partial charge in [0.15, 0.2) is 5.82 Å². The standard InChI is InChI=1S/C18H18N6O/c1-13-11-23(18(25)15-10-19-7-8-20-15)12-17-22-21-16(24(13)17)9-14-5-3-2-4-6-14/h2-8,10,13H,9,11-12H2,1H3/t13-/m0/s1. The molecule has 7 nitrogen and oxygen atoms in total. The lowest BCUT2D eigenvalue weighted by molar-refractivity contribution is 0.0673. The molecule has 0 spiro atoms. The van der Waals surface area contributed by atoms with Crippen LogP contribution < -0.4 is 0 Å². The number of hydrogen-bond donors (Lipinski definition) is 0. The van der Waals surface area contributed by atoms with E-state index in [-0.39, 0.29) is 11.9 Å². The molecule has 3 heterocycles. The SMILES string of the molecule is C[C@H]1CN(C(=O)c2cnccn2)Cc2nnc(Cc3ccccc3)n21. The number of rotatable bonds is 3. The van der Waals surface area contributed by atoms with Crippen LogP contribution in [0.3, 0.4) is 0 Å². The number of nitrogens with zero attached hydrogens (tertiary/aromatic N) is 6. The highest BCUT2D eigenvalue weighted by Gasteiger charge is 2.30. The third-order valence-corrected chi connectivity index (χ3v) is 4.37. The number of carbonyl (C=O) groups excluding carboxylic acids is 1. The van der Waals surface area contributed by atoms with Gasteiger partial charge >= 0.3 is 0 Å². The van der Waals surface area contributed by atoms with Crippen molar-refractivity contribution in [2.75, 3.05) is 6.54 Å². The molecule has 1 aliphatic rings. The number of hydrogen-bond acceptors (Lipinski definition) is 5. The quantitative estimate of drug-likeness (QED) is 0.731. The molecule has 0 bridgehead atoms. The maximum Gasteiger partial charge on any atom is 0.274 e. The van der Waals surface area contributed by atoms with Crippen LogP contribution in [0.5, 0.6) is 0 Å². The van der Waals surface area contributed by atoms with Gasteiger partial charge in [0.1, 0.15) is 11.5 Å². The summed E-state index contributed by atoms with van der Waals surface area (Å²) in [7, 11) is 0. The van der Waals surface area contributed by atoms with Crippen LogP contribution >= 0.6 is 0 Å². The molecule has 4 rings (SSSR count). The molecule has 0 saturated carbocycles. The Kier molecular flexibility index (Phi) is 3.97. The van der Waals surface area contributed by atoms with E-state index in [9.17, 15) is 4.79 Å². The van der Waals surface area contributed by atoms with Gasteiger partial charge in [-0.3, -0.25) is 9.78 Å². The van der Waals surface area contributed by atoms with Gasteiger partial charge < -0.3 is 9.47 Å². The second-order valence-electron chi connectivity index (χ2n) is 6.19. The molecule has 0 unspecified atom stereocenters. The first kappa shape index (κ1) is 15.4. The van der Waals surface area contributed by atoms with Gasteiger partial charge in [0.05, 0.1) is 18.8 Å². The van der Waals surface area contributed by atoms with Gasteiger partial charge in [-0.05, 0) is 12.5 Å². The van der Waals surface area contributed by atoms with Gasteiger partial charge in [-0.1, -0.05) is 30.3 Å². The minimum atomic E-state index is -0.126. The second kappa shape index (κ2) is 6.43. The summed E-state index contributed by atoms with van der Waals surface area (Å²) in [5, 5.41) is 8.67. The second-order valence-corrected chi connectivity index (χ2v) is 6.19. The highest BCUT2D eigenvalue weighted by atomic mass is 16.2. The molecule has 25 heavy (non-hydrogen) atoms. The van der Waals surface area contributed by atoms with Crippen LogP contribution in [-0.2, 0) is 13.0 Å². The molecule has 0 fully saturated rings. The summed E-state index contributed by atoms with van der Waals surface area (Å²) in [5.41, 5.74) is 1.55. The zero-order valence-corrected chi connectivity index (χ0v) is 13.9. The van der Waals surface area contributed by atoms with Crippen LogP contribution in [0.1, 0.15) is 40.7 Å². The van der Waals surface area contributed by atoms with Gasteiger partial charge in [0.2, 0.25) is 0 Å². The van der Waals surface area contributed by atoms with Crippen molar-refractivity contribution in [1.82, 2.24) is 29.6 Å². The summed E-state index contributed by atoms with van der Waals surface area (Å²) in [4.78, 5) is 22.4. The molecule has 1 aliphatic heterocycles. The smallest absolute Gasteiger partial charge is 0.274 e. The molecule has 7 heteroatoms. The average molecular weight is 334 g/mol. The minimum Gasteiger partial charge on any atom is -0.328 e. The van der Waals surface area contributed by atoms with Crippen LogP contribution in [-0.4, -0.2) is 42.1 Å². The lowest BCUT2D eigenvalue weighted by Crippen LogP contribution is -2.41. The van der Waals surface area contributed by atoms with Gasteiger partial charge in [-0.2, -0.15) is 0 Å². The molecule has 2 aromatic heterocycles. The van der Waals surface area contributed by atoms with E-state index >= 15 is 0 Å². The van der Waals surface area contributed by atoms with Crippen LogP contribution in [0.4, 0.5) is 0 Å². The average Bonchev–Trinajstić information content (AvgIpc) is 3.06. The van der Waals surface area contributed by atoms with Crippen molar-refractivity contribution in [3.05, 3.63) is 71.8 Å². The topological polar surface area (TPSA) is 76.8 Å². The van der Waals surface area contributed by atoms with Crippen molar-refractivity contribution in [2.24, 2.45) is 0 Å². The highest BCUT2D eigenvalue weighted by Crippen LogP contribution is 2.23. The molecular weight excluding hydrogens is 316 g/mol. The number of carbonyl (C=O) groups is 1. The largest absolute Gasteiger partial charge is 0.328 e. The summed E-state index contributed by atoms with van der Waals surface area (Å²) in [6.45, 7) is 3.11. The Morgan fingerprint density at radius 1 is 1.20 bits per heavy atom. The molecule has 1 amide bonds. The van der Waals surface area contributed by atoms with E-state index in [0.717, 1.165) is 18.1 Å². The first-order valence-corrected chi connectivity index (χ1v) is 8.24. The van der Waals surface area contributed by atoms with Crippen LogP contribution in [0.25, 0.3) is 0 Å². The van der Waals surface area contributed by atoms with Crippen molar-refractivity contribution < 1.29 is 4.79 Å². The summed E-state index contributed by atoms with van der Waals surface area (Å²) in [5.74, 6) is 1.61. The Bertz CT molecular complexity index is 877. The van der Waals surface area contributed by atoms with Crippen molar-refractivity contribution >= 4 is 5.91 Å². The monoisotopic (exact) mass is 334 g/mol. The molecule has 1 atom stereocenters. The zero-order valence-electron chi connectivity index (χ0n) is 13.9. The molecule has 0 aliphatic carbocycles. The summed E-state index contributed by atoms with van der Waals surface area (Å²) < 4.78 is 2.15. The Balaban J connectivity index is 1.57. The molecule has 1 aromatic carbocycles. The first-order chi connectivity index (χ1) is 12.2. The van der Waals surface area contributed by atoms with Gasteiger partial charge in [0.25, 0.3) is 5.91 Å². The van der Waals surface area contributed by atoms with Crippen molar-refractivity contribution in [3.63, 3.8) is 0 Å². The Morgan fingerprint density at radius 3 is 2.80 bits per heavy atom. The van der Waals surface area contributed by atoms with Gasteiger partial charge in [0, 0.05) is 25.4 Å². The van der Waals surface area contributed by atoms with Crippen LogP contribution in [0.15, 0.2) is 48.9 Å². The maximum atomic E-state index is 12.6. The number of amides is 1. The fourth-order valence-electron chi connectivity index (χ4n) is 3.24. The predicted octanol–water partition coefficient (Wildman–Crippen LogP) is 1.88. The van der Waals surface area contributed by atoms with Crippen LogP contribution in [0, 0.1) is 0 Å². The van der Waals surface area contributed by atoms with Crippen molar-refractivity contribution in [3.8, 4) is 0 Å².